The molecule has 6 heteroatoms. The van der Waals surface area contributed by atoms with Crippen molar-refractivity contribution in [3.63, 3.8) is 0 Å². The molecule has 2 rings (SSSR count). The van der Waals surface area contributed by atoms with E-state index in [-0.39, 0.29) is 17.7 Å². The van der Waals surface area contributed by atoms with Gasteiger partial charge in [-0.2, -0.15) is 0 Å². The first-order valence-corrected chi connectivity index (χ1v) is 7.16. The second-order valence-electron chi connectivity index (χ2n) is 4.48. The molecule has 2 amide bonds. The molecule has 0 aliphatic carbocycles. The minimum Gasteiger partial charge on any atom is -0.451 e. The van der Waals surface area contributed by atoms with Crippen LogP contribution in [0.15, 0.2) is 22.6 Å². The molecule has 1 fully saturated rings. The van der Waals surface area contributed by atoms with Gasteiger partial charge >= 0.3 is 0 Å². The maximum atomic E-state index is 11.9. The molecule has 1 aliphatic rings. The minimum absolute atomic E-state index is 0.0608. The third kappa shape index (κ3) is 3.82. The molecule has 0 atom stereocenters. The van der Waals surface area contributed by atoms with Gasteiger partial charge in [0.2, 0.25) is 11.8 Å². The van der Waals surface area contributed by atoms with Crippen LogP contribution >= 0.6 is 22.6 Å². The number of nitrogens with two attached hydrogens (primary N) is 1. The van der Waals surface area contributed by atoms with E-state index in [0.29, 0.717) is 31.7 Å². The van der Waals surface area contributed by atoms with Crippen molar-refractivity contribution in [2.24, 2.45) is 11.7 Å². The molecule has 1 aromatic heterocycles. The summed E-state index contributed by atoms with van der Waals surface area (Å²) in [6.45, 7) is 1.15. The van der Waals surface area contributed by atoms with Gasteiger partial charge < -0.3 is 15.1 Å². The van der Waals surface area contributed by atoms with E-state index in [2.05, 4.69) is 22.6 Å². The maximum Gasteiger partial charge on any atom is 0.246 e. The van der Waals surface area contributed by atoms with E-state index in [1.165, 1.54) is 6.08 Å². The smallest absolute Gasteiger partial charge is 0.246 e. The number of hydrogen-bond donors (Lipinski definition) is 1. The van der Waals surface area contributed by atoms with E-state index in [4.69, 9.17) is 10.2 Å². The Hall–Kier alpha value is -1.31. The van der Waals surface area contributed by atoms with Gasteiger partial charge in [-0.15, -0.1) is 0 Å². The third-order valence-corrected chi connectivity index (χ3v) is 3.77. The number of rotatable bonds is 3. The average Bonchev–Trinajstić information content (AvgIpc) is 2.82. The standard InChI is InChI=1S/C13H15IN2O3/c14-11-3-1-10(19-11)2-4-12(17)16-7-5-9(6-8-16)13(15)18/h1-4,9H,5-8H2,(H2,15,18). The zero-order chi connectivity index (χ0) is 13.8. The van der Waals surface area contributed by atoms with Crippen molar-refractivity contribution in [2.45, 2.75) is 12.8 Å². The fraction of sp³-hybridized carbons (Fsp3) is 0.385. The number of piperidine rings is 1. The number of carbonyl (C=O) groups excluding carboxylic acids is 2. The molecule has 0 unspecified atom stereocenters. The molecule has 0 spiro atoms. The zero-order valence-electron chi connectivity index (χ0n) is 10.3. The lowest BCUT2D eigenvalue weighted by atomic mass is 9.96. The van der Waals surface area contributed by atoms with Crippen molar-refractivity contribution in [3.05, 3.63) is 27.7 Å². The predicted octanol–water partition coefficient (Wildman–Crippen LogP) is 1.62. The van der Waals surface area contributed by atoms with Gasteiger partial charge in [-0.1, -0.05) is 0 Å². The van der Waals surface area contributed by atoms with Crippen LogP contribution in [0.2, 0.25) is 0 Å². The van der Waals surface area contributed by atoms with Crippen LogP contribution in [-0.2, 0) is 9.59 Å². The molecule has 1 aliphatic heterocycles. The maximum absolute atomic E-state index is 11.9. The highest BCUT2D eigenvalue weighted by molar-refractivity contribution is 14.1. The van der Waals surface area contributed by atoms with Crippen molar-refractivity contribution in [3.8, 4) is 0 Å². The first kappa shape index (κ1) is 14.1. The van der Waals surface area contributed by atoms with E-state index in [0.717, 1.165) is 3.77 Å². The Morgan fingerprint density at radius 1 is 1.37 bits per heavy atom. The van der Waals surface area contributed by atoms with Crippen LogP contribution in [0.4, 0.5) is 0 Å². The lowest BCUT2D eigenvalue weighted by Gasteiger charge is -2.29. The number of primary amides is 1. The Balaban J connectivity index is 1.88. The molecular formula is C13H15IN2O3. The monoisotopic (exact) mass is 374 g/mol. The highest BCUT2D eigenvalue weighted by Gasteiger charge is 2.24. The van der Waals surface area contributed by atoms with Crippen LogP contribution in [-0.4, -0.2) is 29.8 Å². The zero-order valence-corrected chi connectivity index (χ0v) is 12.5. The summed E-state index contributed by atoms with van der Waals surface area (Å²) in [6.07, 6.45) is 4.45. The molecule has 102 valence electrons. The van der Waals surface area contributed by atoms with Gasteiger partial charge in [-0.05, 0) is 53.6 Å². The Kier molecular flexibility index (Phi) is 4.62. The van der Waals surface area contributed by atoms with Crippen LogP contribution in [0, 0.1) is 9.68 Å². The summed E-state index contributed by atoms with van der Waals surface area (Å²) in [5, 5.41) is 0. The highest BCUT2D eigenvalue weighted by Crippen LogP contribution is 2.17. The molecule has 2 heterocycles. The summed E-state index contributed by atoms with van der Waals surface area (Å²) in [7, 11) is 0. The Morgan fingerprint density at radius 2 is 2.05 bits per heavy atom. The molecule has 0 radical (unpaired) electrons. The average molecular weight is 374 g/mol. The Labute approximate surface area is 124 Å². The minimum atomic E-state index is -0.271. The van der Waals surface area contributed by atoms with Gasteiger partial charge in [0.05, 0.1) is 0 Å². The van der Waals surface area contributed by atoms with Crippen molar-refractivity contribution in [1.29, 1.82) is 0 Å². The molecule has 0 saturated carbocycles. The Bertz CT molecular complexity index is 502. The SMILES string of the molecule is NC(=O)C1CCN(C(=O)C=Cc2ccc(I)o2)CC1. The van der Waals surface area contributed by atoms with Crippen LogP contribution in [0.1, 0.15) is 18.6 Å². The number of likely N-dealkylation sites (tertiary alicyclic amines) is 1. The summed E-state index contributed by atoms with van der Waals surface area (Å²) < 4.78 is 6.12. The van der Waals surface area contributed by atoms with E-state index in [1.54, 1.807) is 11.0 Å². The quantitative estimate of drug-likeness (QED) is 0.645. The summed E-state index contributed by atoms with van der Waals surface area (Å²) in [5.41, 5.74) is 5.26. The Morgan fingerprint density at radius 3 is 2.58 bits per heavy atom. The van der Waals surface area contributed by atoms with Crippen molar-refractivity contribution in [2.75, 3.05) is 13.1 Å². The second kappa shape index (κ2) is 6.23. The largest absolute Gasteiger partial charge is 0.451 e. The molecule has 0 aromatic carbocycles. The molecule has 1 aromatic rings. The summed E-state index contributed by atoms with van der Waals surface area (Å²) in [6, 6.07) is 3.65. The normalized spacial score (nSPS) is 17.0. The van der Waals surface area contributed by atoms with Crippen molar-refractivity contribution < 1.29 is 14.0 Å². The van der Waals surface area contributed by atoms with E-state index < -0.39 is 0 Å². The predicted molar refractivity (Wildman–Crippen MR) is 79.0 cm³/mol. The van der Waals surface area contributed by atoms with Gasteiger partial charge in [0.1, 0.15) is 5.76 Å². The van der Waals surface area contributed by atoms with Gasteiger partial charge in [-0.25, -0.2) is 0 Å². The number of furan rings is 1. The van der Waals surface area contributed by atoms with E-state index >= 15 is 0 Å². The molecule has 5 nitrogen and oxygen atoms in total. The molecule has 19 heavy (non-hydrogen) atoms. The molecule has 1 saturated heterocycles. The lowest BCUT2D eigenvalue weighted by Crippen LogP contribution is -2.41. The lowest BCUT2D eigenvalue weighted by molar-refractivity contribution is -0.130. The highest BCUT2D eigenvalue weighted by atomic mass is 127. The van der Waals surface area contributed by atoms with Gasteiger partial charge in [-0.3, -0.25) is 9.59 Å². The van der Waals surface area contributed by atoms with Gasteiger partial charge in [0.15, 0.2) is 3.77 Å². The van der Waals surface area contributed by atoms with Crippen molar-refractivity contribution in [1.82, 2.24) is 4.90 Å². The summed E-state index contributed by atoms with van der Waals surface area (Å²) in [4.78, 5) is 24.7. The number of halogens is 1. The number of nitrogens with zero attached hydrogens (tertiary/aromatic N) is 1. The van der Waals surface area contributed by atoms with Gasteiger partial charge in [0, 0.05) is 25.1 Å². The van der Waals surface area contributed by atoms with Crippen LogP contribution in [0.5, 0.6) is 0 Å². The number of carbonyl (C=O) groups is 2. The number of hydrogen-bond acceptors (Lipinski definition) is 3. The van der Waals surface area contributed by atoms with Gasteiger partial charge in [0.25, 0.3) is 0 Å². The topological polar surface area (TPSA) is 76.5 Å². The molecule has 0 bridgehead atoms. The van der Waals surface area contributed by atoms with E-state index in [9.17, 15) is 9.59 Å². The fourth-order valence-corrected chi connectivity index (χ4v) is 2.50. The third-order valence-electron chi connectivity index (χ3n) is 3.19. The van der Waals surface area contributed by atoms with Crippen LogP contribution < -0.4 is 5.73 Å². The van der Waals surface area contributed by atoms with E-state index in [1.807, 2.05) is 12.1 Å². The second-order valence-corrected chi connectivity index (χ2v) is 5.54. The first-order chi connectivity index (χ1) is 9.06. The first-order valence-electron chi connectivity index (χ1n) is 6.08. The summed E-state index contributed by atoms with van der Waals surface area (Å²) in [5.74, 6) is 0.228. The fourth-order valence-electron chi connectivity index (χ4n) is 2.06. The van der Waals surface area contributed by atoms with Crippen molar-refractivity contribution >= 4 is 40.5 Å². The van der Waals surface area contributed by atoms with Crippen LogP contribution in [0.25, 0.3) is 6.08 Å². The molecular weight excluding hydrogens is 359 g/mol. The number of amides is 2. The molecule has 2 N–H and O–H groups in total. The summed E-state index contributed by atoms with van der Waals surface area (Å²) >= 11 is 2.07. The van der Waals surface area contributed by atoms with Crippen LogP contribution in [0.3, 0.4) is 0 Å².